The first-order chi connectivity index (χ1) is 3.27. The van der Waals surface area contributed by atoms with E-state index in [1.54, 1.807) is 0 Å². The quantitative estimate of drug-likeness (QED) is 0.444. The molecule has 0 saturated carbocycles. The fraction of sp³-hybridized carbons (Fsp3) is 0.250. The molecular formula is C4H11BiFeO3. The van der Waals surface area contributed by atoms with Crippen LogP contribution in [0.15, 0.2) is 13.2 Å². The molecule has 9 heavy (non-hydrogen) atoms. The summed E-state index contributed by atoms with van der Waals surface area (Å²) in [6, 6.07) is 0. The van der Waals surface area contributed by atoms with Gasteiger partial charge in [0.1, 0.15) is 6.61 Å². The predicted octanol–water partition coefficient (Wildman–Crippen LogP) is -1.32. The monoisotopic (exact) mass is 372 g/mol. The second-order valence-electron chi connectivity index (χ2n) is 0.552. The van der Waals surface area contributed by atoms with E-state index in [0.29, 0.717) is 0 Å². The number of carboxylic acid groups (broad SMARTS) is 1. The Labute approximate surface area is 83.7 Å². The van der Waals surface area contributed by atoms with Gasteiger partial charge in [-0.3, -0.25) is 0 Å². The SMILES string of the molecule is C=C.O=C(O)CO.[BiH3].[Fe]. The third-order valence-corrected chi connectivity index (χ3v) is 0.135. The predicted molar refractivity (Wildman–Crippen MR) is 35.9 cm³/mol. The van der Waals surface area contributed by atoms with Gasteiger partial charge in [-0.2, -0.15) is 0 Å². The van der Waals surface area contributed by atoms with Gasteiger partial charge in [0.15, 0.2) is 0 Å². The molecule has 0 bridgehead atoms. The summed E-state index contributed by atoms with van der Waals surface area (Å²) in [6.07, 6.45) is 0. The normalized spacial score (nSPS) is 4.56. The second kappa shape index (κ2) is 23.5. The molecule has 0 aliphatic rings. The van der Waals surface area contributed by atoms with Crippen LogP contribution in [-0.2, 0) is 21.9 Å². The average molecular weight is 372 g/mol. The van der Waals surface area contributed by atoms with E-state index in [0.717, 1.165) is 0 Å². The molecule has 58 valence electrons. The Hall–Kier alpha value is 0.573. The van der Waals surface area contributed by atoms with Crippen LogP contribution in [0.1, 0.15) is 0 Å². The number of hydrogen-bond donors (Lipinski definition) is 2. The van der Waals surface area contributed by atoms with E-state index in [4.69, 9.17) is 15.0 Å². The van der Waals surface area contributed by atoms with Gasteiger partial charge in [0.2, 0.25) is 0 Å². The number of aliphatic carboxylic acids is 1. The van der Waals surface area contributed by atoms with E-state index in [1.807, 2.05) is 0 Å². The molecule has 0 rings (SSSR count). The summed E-state index contributed by atoms with van der Waals surface area (Å²) in [5, 5.41) is 15.0. The molecule has 0 unspecified atom stereocenters. The van der Waals surface area contributed by atoms with Crippen molar-refractivity contribution >= 4 is 32.2 Å². The Morgan fingerprint density at radius 2 is 1.56 bits per heavy atom. The first kappa shape index (κ1) is 22.7. The molecular weight excluding hydrogens is 361 g/mol. The minimum atomic E-state index is -1.19. The van der Waals surface area contributed by atoms with Crippen LogP contribution in [0.3, 0.4) is 0 Å². The minimum absolute atomic E-state index is 0. The van der Waals surface area contributed by atoms with Crippen molar-refractivity contribution in [2.24, 2.45) is 0 Å². The molecule has 0 aromatic heterocycles. The van der Waals surface area contributed by atoms with E-state index < -0.39 is 12.6 Å². The van der Waals surface area contributed by atoms with Crippen molar-refractivity contribution in [3.8, 4) is 0 Å². The van der Waals surface area contributed by atoms with Crippen molar-refractivity contribution in [2.75, 3.05) is 6.61 Å². The van der Waals surface area contributed by atoms with Gasteiger partial charge in [-0.1, -0.05) is 0 Å². The molecule has 0 aliphatic carbocycles. The van der Waals surface area contributed by atoms with Gasteiger partial charge in [-0.25, -0.2) is 4.79 Å². The van der Waals surface area contributed by atoms with Crippen LogP contribution in [0.25, 0.3) is 0 Å². The number of carboxylic acids is 1. The van der Waals surface area contributed by atoms with Crippen LogP contribution < -0.4 is 0 Å². The van der Waals surface area contributed by atoms with Crippen molar-refractivity contribution < 1.29 is 32.1 Å². The van der Waals surface area contributed by atoms with E-state index in [9.17, 15) is 0 Å². The zero-order valence-electron chi connectivity index (χ0n) is 4.98. The molecule has 0 saturated heterocycles. The third-order valence-electron chi connectivity index (χ3n) is 0.135. The molecule has 0 spiro atoms. The molecule has 3 nitrogen and oxygen atoms in total. The minimum Gasteiger partial charge on any atom is 0 e. The Bertz CT molecular complexity index is 59.8. The van der Waals surface area contributed by atoms with Gasteiger partial charge >= 0.3 is 32.2 Å². The molecule has 0 aromatic rings. The Kier molecular flexibility index (Phi) is 59.2. The van der Waals surface area contributed by atoms with Gasteiger partial charge in [0, 0.05) is 17.1 Å². The standard InChI is InChI=1S/C2H4O3.C2H4.Bi.Fe.3H/c3-1-2(4)5;1-2;;;;;/h3H,1H2,(H,4,5);1-2H2;;;;;. The smallest absolute Gasteiger partial charge is 0 e. The van der Waals surface area contributed by atoms with Crippen LogP contribution in [0, 0.1) is 0 Å². The molecule has 0 aromatic carbocycles. The maximum atomic E-state index is 9.12. The first-order valence-corrected chi connectivity index (χ1v) is 1.60. The molecule has 0 atom stereocenters. The molecule has 2 N–H and O–H groups in total. The zero-order chi connectivity index (χ0) is 6.28. The largest absolute Gasteiger partial charge is 0 e. The fourth-order valence-corrected chi connectivity index (χ4v) is 0. The van der Waals surface area contributed by atoms with Gasteiger partial charge in [0.05, 0.1) is 0 Å². The van der Waals surface area contributed by atoms with E-state index in [-0.39, 0.29) is 43.3 Å². The number of rotatable bonds is 1. The fourth-order valence-electron chi connectivity index (χ4n) is 0. The summed E-state index contributed by atoms with van der Waals surface area (Å²) >= 11 is 0. The van der Waals surface area contributed by atoms with Crippen LogP contribution in [0.4, 0.5) is 0 Å². The number of carbonyl (C=O) groups is 1. The second-order valence-corrected chi connectivity index (χ2v) is 0.552. The summed E-state index contributed by atoms with van der Waals surface area (Å²) in [7, 11) is 0. The maximum Gasteiger partial charge on any atom is 0 e. The maximum absolute atomic E-state index is 9.12. The molecule has 0 aliphatic heterocycles. The van der Waals surface area contributed by atoms with Crippen molar-refractivity contribution in [2.45, 2.75) is 0 Å². The van der Waals surface area contributed by atoms with Crippen LogP contribution in [0.5, 0.6) is 0 Å². The van der Waals surface area contributed by atoms with Crippen LogP contribution >= 0.6 is 0 Å². The summed E-state index contributed by atoms with van der Waals surface area (Å²) in [6.45, 7) is 5.22. The molecule has 0 heterocycles. The molecule has 0 fully saturated rings. The van der Waals surface area contributed by atoms with Crippen molar-refractivity contribution in [3.63, 3.8) is 0 Å². The van der Waals surface area contributed by atoms with Gasteiger partial charge in [-0.05, 0) is 0 Å². The number of hydrogen-bond acceptors (Lipinski definition) is 2. The zero-order valence-corrected chi connectivity index (χ0v) is 11.6. The summed E-state index contributed by atoms with van der Waals surface area (Å²) in [5.74, 6) is -1.19. The van der Waals surface area contributed by atoms with Gasteiger partial charge < -0.3 is 10.2 Å². The molecule has 5 heteroatoms. The topological polar surface area (TPSA) is 57.5 Å². The van der Waals surface area contributed by atoms with Crippen LogP contribution in [0.2, 0.25) is 0 Å². The Morgan fingerprint density at radius 1 is 1.44 bits per heavy atom. The number of aliphatic hydroxyl groups is 1. The van der Waals surface area contributed by atoms with E-state index >= 15 is 0 Å². The Morgan fingerprint density at radius 3 is 1.56 bits per heavy atom. The van der Waals surface area contributed by atoms with Crippen molar-refractivity contribution in [1.82, 2.24) is 0 Å². The van der Waals surface area contributed by atoms with Gasteiger partial charge in [0.25, 0.3) is 0 Å². The van der Waals surface area contributed by atoms with Crippen molar-refractivity contribution in [1.29, 1.82) is 0 Å². The molecule has 0 radical (unpaired) electrons. The Balaban J connectivity index is -0.0000000286. The van der Waals surface area contributed by atoms with Crippen LogP contribution in [-0.4, -0.2) is 49.0 Å². The van der Waals surface area contributed by atoms with Gasteiger partial charge in [-0.15, -0.1) is 13.2 Å². The van der Waals surface area contributed by atoms with E-state index in [1.165, 1.54) is 0 Å². The summed E-state index contributed by atoms with van der Waals surface area (Å²) < 4.78 is 0. The van der Waals surface area contributed by atoms with E-state index in [2.05, 4.69) is 13.2 Å². The first-order valence-electron chi connectivity index (χ1n) is 1.60. The average Bonchev–Trinajstić information content (AvgIpc) is 1.73. The van der Waals surface area contributed by atoms with Crippen molar-refractivity contribution in [3.05, 3.63) is 13.2 Å². The number of aliphatic hydroxyl groups excluding tert-OH is 1. The third kappa shape index (κ3) is 56.0. The summed E-state index contributed by atoms with van der Waals surface area (Å²) in [4.78, 5) is 9.12. The summed E-state index contributed by atoms with van der Waals surface area (Å²) in [5.41, 5.74) is 0. The molecule has 0 amide bonds.